The molecule has 16 heavy (non-hydrogen) atoms. The second kappa shape index (κ2) is 4.35. The van der Waals surface area contributed by atoms with Gasteiger partial charge in [0.15, 0.2) is 0 Å². The fraction of sp³-hybridized carbons (Fsp3) is 0.333. The highest BCUT2D eigenvalue weighted by atomic mass is 16.2. The van der Waals surface area contributed by atoms with Gasteiger partial charge in [0.1, 0.15) is 6.04 Å². The molecule has 1 aliphatic rings. The van der Waals surface area contributed by atoms with Crippen LogP contribution in [0, 0.1) is 0 Å². The lowest BCUT2D eigenvalue weighted by molar-refractivity contribution is -0.120. The van der Waals surface area contributed by atoms with Gasteiger partial charge in [-0.3, -0.25) is 10.1 Å². The number of hydrogen-bond donors (Lipinski definition) is 2. The van der Waals surface area contributed by atoms with E-state index in [0.717, 1.165) is 0 Å². The molecule has 1 aromatic carbocycles. The largest absolute Gasteiger partial charge is 0.326 e. The molecule has 0 spiro atoms. The molecule has 1 saturated heterocycles. The smallest absolute Gasteiger partial charge is 0.322 e. The summed E-state index contributed by atoms with van der Waals surface area (Å²) < 4.78 is 0. The van der Waals surface area contributed by atoms with Crippen molar-refractivity contribution in [1.29, 1.82) is 0 Å². The Morgan fingerprint density at radius 3 is 2.50 bits per heavy atom. The van der Waals surface area contributed by atoms with Crippen molar-refractivity contribution in [1.82, 2.24) is 10.6 Å². The predicted molar refractivity (Wildman–Crippen MR) is 59.9 cm³/mol. The van der Waals surface area contributed by atoms with Gasteiger partial charge < -0.3 is 5.32 Å². The first-order chi connectivity index (χ1) is 7.66. The van der Waals surface area contributed by atoms with Crippen LogP contribution in [0.25, 0.3) is 0 Å². The quantitative estimate of drug-likeness (QED) is 0.753. The van der Waals surface area contributed by atoms with Crippen LogP contribution < -0.4 is 10.6 Å². The summed E-state index contributed by atoms with van der Waals surface area (Å²) in [4.78, 5) is 22.3. The number of benzene rings is 1. The number of urea groups is 1. The topological polar surface area (TPSA) is 58.2 Å². The zero-order valence-corrected chi connectivity index (χ0v) is 9.07. The van der Waals surface area contributed by atoms with Crippen molar-refractivity contribution in [2.75, 3.05) is 0 Å². The van der Waals surface area contributed by atoms with Crippen LogP contribution in [0.1, 0.15) is 24.8 Å². The van der Waals surface area contributed by atoms with Gasteiger partial charge in [-0.05, 0) is 17.9 Å². The van der Waals surface area contributed by atoms with E-state index >= 15 is 0 Å². The van der Waals surface area contributed by atoms with Gasteiger partial charge in [-0.25, -0.2) is 4.79 Å². The number of imide groups is 1. The Hall–Kier alpha value is -1.84. The fourth-order valence-corrected chi connectivity index (χ4v) is 1.90. The second-order valence-corrected chi connectivity index (χ2v) is 4.06. The van der Waals surface area contributed by atoms with Gasteiger partial charge in [0.25, 0.3) is 5.91 Å². The van der Waals surface area contributed by atoms with Gasteiger partial charge >= 0.3 is 6.03 Å². The van der Waals surface area contributed by atoms with Crippen molar-refractivity contribution in [2.24, 2.45) is 0 Å². The Morgan fingerprint density at radius 2 is 1.94 bits per heavy atom. The minimum atomic E-state index is -0.400. The average Bonchev–Trinajstić information content (AvgIpc) is 2.59. The Bertz CT molecular complexity index is 403. The van der Waals surface area contributed by atoms with Gasteiger partial charge in [-0.2, -0.15) is 0 Å². The van der Waals surface area contributed by atoms with Crippen LogP contribution in [-0.2, 0) is 4.79 Å². The summed E-state index contributed by atoms with van der Waals surface area (Å²) in [5, 5.41) is 4.84. The predicted octanol–water partition coefficient (Wildman–Crippen LogP) is 1.39. The van der Waals surface area contributed by atoms with Gasteiger partial charge in [0.05, 0.1) is 0 Å². The standard InChI is InChI=1S/C12H14N2O2/c1-8(9-5-3-2-4-6-9)7-10-11(15)14-12(16)13-10/h2-6,8,10H,7H2,1H3,(H2,13,14,15,16). The molecule has 0 aromatic heterocycles. The van der Waals surface area contributed by atoms with Crippen LogP contribution in [0.2, 0.25) is 0 Å². The molecule has 2 rings (SSSR count). The van der Waals surface area contributed by atoms with Gasteiger partial charge in [-0.1, -0.05) is 37.3 Å². The molecule has 2 N–H and O–H groups in total. The van der Waals surface area contributed by atoms with Crippen LogP contribution >= 0.6 is 0 Å². The maximum Gasteiger partial charge on any atom is 0.322 e. The number of nitrogens with one attached hydrogen (secondary N) is 2. The molecule has 0 radical (unpaired) electrons. The lowest BCUT2D eigenvalue weighted by atomic mass is 9.94. The number of amides is 3. The average molecular weight is 218 g/mol. The van der Waals surface area contributed by atoms with Crippen molar-refractivity contribution in [3.63, 3.8) is 0 Å². The summed E-state index contributed by atoms with van der Waals surface area (Å²) in [6.45, 7) is 2.05. The molecule has 1 fully saturated rings. The van der Waals surface area contributed by atoms with Gasteiger partial charge in [0, 0.05) is 0 Å². The SMILES string of the molecule is CC(CC1NC(=O)NC1=O)c1ccccc1. The molecule has 0 saturated carbocycles. The maximum atomic E-state index is 11.4. The van der Waals surface area contributed by atoms with E-state index in [0.29, 0.717) is 6.42 Å². The Labute approximate surface area is 94.0 Å². The van der Waals surface area contributed by atoms with Crippen molar-refractivity contribution in [2.45, 2.75) is 25.3 Å². The first-order valence-electron chi connectivity index (χ1n) is 5.33. The van der Waals surface area contributed by atoms with E-state index in [4.69, 9.17) is 0 Å². The third kappa shape index (κ3) is 2.21. The third-order valence-electron chi connectivity index (χ3n) is 2.82. The second-order valence-electron chi connectivity index (χ2n) is 4.06. The molecule has 1 aromatic rings. The summed E-state index contributed by atoms with van der Waals surface area (Å²) in [7, 11) is 0. The minimum Gasteiger partial charge on any atom is -0.326 e. The molecule has 0 bridgehead atoms. The molecule has 3 amide bonds. The van der Waals surface area contributed by atoms with E-state index in [9.17, 15) is 9.59 Å². The molecular weight excluding hydrogens is 204 g/mol. The molecule has 2 atom stereocenters. The first-order valence-corrected chi connectivity index (χ1v) is 5.33. The number of hydrogen-bond acceptors (Lipinski definition) is 2. The maximum absolute atomic E-state index is 11.4. The third-order valence-corrected chi connectivity index (χ3v) is 2.82. The summed E-state index contributed by atoms with van der Waals surface area (Å²) >= 11 is 0. The zero-order chi connectivity index (χ0) is 11.5. The van der Waals surface area contributed by atoms with E-state index in [-0.39, 0.29) is 11.8 Å². The lowest BCUT2D eigenvalue weighted by Gasteiger charge is -2.14. The normalized spacial score (nSPS) is 21.4. The van der Waals surface area contributed by atoms with Crippen molar-refractivity contribution in [3.05, 3.63) is 35.9 Å². The van der Waals surface area contributed by atoms with Crippen LogP contribution in [0.15, 0.2) is 30.3 Å². The summed E-state index contributed by atoms with van der Waals surface area (Å²) in [5.41, 5.74) is 1.18. The molecule has 2 unspecified atom stereocenters. The van der Waals surface area contributed by atoms with Crippen molar-refractivity contribution in [3.8, 4) is 0 Å². The summed E-state index contributed by atoms with van der Waals surface area (Å²) in [5.74, 6) is 0.0168. The number of carbonyl (C=O) groups excluding carboxylic acids is 2. The molecule has 1 aliphatic heterocycles. The van der Waals surface area contributed by atoms with E-state index in [2.05, 4.69) is 10.6 Å². The molecule has 4 nitrogen and oxygen atoms in total. The summed E-state index contributed by atoms with van der Waals surface area (Å²) in [6.07, 6.45) is 0.627. The molecule has 1 heterocycles. The first kappa shape index (κ1) is 10.7. The number of rotatable bonds is 3. The minimum absolute atomic E-state index is 0.229. The van der Waals surface area contributed by atoms with Gasteiger partial charge in [0.2, 0.25) is 0 Å². The van der Waals surface area contributed by atoms with Gasteiger partial charge in [-0.15, -0.1) is 0 Å². The van der Waals surface area contributed by atoms with E-state index in [1.165, 1.54) is 5.56 Å². The van der Waals surface area contributed by atoms with Crippen molar-refractivity contribution >= 4 is 11.9 Å². The monoisotopic (exact) mass is 218 g/mol. The highest BCUT2D eigenvalue weighted by Crippen LogP contribution is 2.21. The van der Waals surface area contributed by atoms with E-state index < -0.39 is 12.1 Å². The molecule has 84 valence electrons. The molecular formula is C12H14N2O2. The molecule has 0 aliphatic carbocycles. The Kier molecular flexibility index (Phi) is 2.90. The van der Waals surface area contributed by atoms with E-state index in [1.807, 2.05) is 37.3 Å². The number of carbonyl (C=O) groups is 2. The van der Waals surface area contributed by atoms with Crippen LogP contribution in [0.5, 0.6) is 0 Å². The summed E-state index contributed by atoms with van der Waals surface area (Å²) in [6, 6.07) is 9.16. The van der Waals surface area contributed by atoms with Crippen LogP contribution in [0.3, 0.4) is 0 Å². The van der Waals surface area contributed by atoms with Crippen molar-refractivity contribution < 1.29 is 9.59 Å². The highest BCUT2D eigenvalue weighted by molar-refractivity contribution is 6.04. The highest BCUT2D eigenvalue weighted by Gasteiger charge is 2.30. The van der Waals surface area contributed by atoms with Crippen LogP contribution in [0.4, 0.5) is 4.79 Å². The Balaban J connectivity index is 2.00. The van der Waals surface area contributed by atoms with Crippen LogP contribution in [-0.4, -0.2) is 18.0 Å². The zero-order valence-electron chi connectivity index (χ0n) is 9.07. The lowest BCUT2D eigenvalue weighted by Crippen LogP contribution is -2.30. The fourth-order valence-electron chi connectivity index (χ4n) is 1.90. The van der Waals surface area contributed by atoms with E-state index in [1.54, 1.807) is 0 Å². The molecule has 4 heteroatoms. The Morgan fingerprint density at radius 1 is 1.25 bits per heavy atom.